The molecule has 1 aromatic rings. The molecule has 1 aliphatic carbocycles. The number of nitrogens with zero attached hydrogens (tertiary/aromatic N) is 1. The number of aryl methyl sites for hydroxylation is 1. The van der Waals surface area contributed by atoms with Gasteiger partial charge in [-0.05, 0) is 50.3 Å². The third-order valence-corrected chi connectivity index (χ3v) is 5.82. The van der Waals surface area contributed by atoms with Crippen molar-refractivity contribution in [1.29, 1.82) is 0 Å². The van der Waals surface area contributed by atoms with E-state index in [1.54, 1.807) is 0 Å². The molecule has 0 aromatic heterocycles. The van der Waals surface area contributed by atoms with Gasteiger partial charge in [0.2, 0.25) is 17.7 Å². The molecule has 2 N–H and O–H groups in total. The lowest BCUT2D eigenvalue weighted by molar-refractivity contribution is -0.129. The molecule has 3 rings (SSSR count). The number of benzene rings is 1. The van der Waals surface area contributed by atoms with E-state index < -0.39 is 0 Å². The monoisotopic (exact) mass is 389 g/mol. The van der Waals surface area contributed by atoms with Gasteiger partial charge in [-0.15, -0.1) is 11.8 Å². The van der Waals surface area contributed by atoms with Gasteiger partial charge in [0.15, 0.2) is 0 Å². The van der Waals surface area contributed by atoms with Crippen molar-refractivity contribution in [3.8, 4) is 0 Å². The van der Waals surface area contributed by atoms with Gasteiger partial charge in [0.1, 0.15) is 0 Å². The highest BCUT2D eigenvalue weighted by atomic mass is 32.2. The first-order chi connectivity index (χ1) is 13.0. The first-order valence-corrected chi connectivity index (χ1v) is 10.7. The normalized spacial score (nSPS) is 17.4. The van der Waals surface area contributed by atoms with E-state index in [9.17, 15) is 14.4 Å². The smallest absolute Gasteiger partial charge is 0.234 e. The number of piperidine rings is 1. The summed E-state index contributed by atoms with van der Waals surface area (Å²) in [6, 6.07) is 7.84. The van der Waals surface area contributed by atoms with Crippen molar-refractivity contribution >= 4 is 35.2 Å². The van der Waals surface area contributed by atoms with Crippen molar-refractivity contribution in [3.05, 3.63) is 29.8 Å². The maximum atomic E-state index is 12.3. The number of rotatable bonds is 7. The van der Waals surface area contributed by atoms with Crippen molar-refractivity contribution in [1.82, 2.24) is 10.2 Å². The van der Waals surface area contributed by atoms with Crippen molar-refractivity contribution in [3.63, 3.8) is 0 Å². The van der Waals surface area contributed by atoms with Gasteiger partial charge >= 0.3 is 0 Å². The van der Waals surface area contributed by atoms with E-state index in [0.717, 1.165) is 36.9 Å². The van der Waals surface area contributed by atoms with Gasteiger partial charge < -0.3 is 15.5 Å². The third kappa shape index (κ3) is 6.27. The van der Waals surface area contributed by atoms with E-state index in [4.69, 9.17) is 0 Å². The van der Waals surface area contributed by atoms with Crippen LogP contribution in [0.15, 0.2) is 24.3 Å². The zero-order valence-corrected chi connectivity index (χ0v) is 16.5. The fraction of sp³-hybridized carbons (Fsp3) is 0.550. The Balaban J connectivity index is 1.31. The molecular weight excluding hydrogens is 362 g/mol. The molecule has 0 spiro atoms. The SMILES string of the molecule is Cc1cccc(NC(=O)CSCC(=O)N2CCC(NC(=O)C3CC3)CC2)c1. The Hall–Kier alpha value is -2.02. The fourth-order valence-electron chi connectivity index (χ4n) is 3.18. The summed E-state index contributed by atoms with van der Waals surface area (Å²) >= 11 is 1.34. The summed E-state index contributed by atoms with van der Waals surface area (Å²) < 4.78 is 0. The van der Waals surface area contributed by atoms with Crippen molar-refractivity contribution < 1.29 is 14.4 Å². The second-order valence-electron chi connectivity index (χ2n) is 7.35. The van der Waals surface area contributed by atoms with Crippen LogP contribution in [0.25, 0.3) is 0 Å². The van der Waals surface area contributed by atoms with Crippen LogP contribution in [-0.4, -0.2) is 53.3 Å². The molecule has 1 saturated carbocycles. The van der Waals surface area contributed by atoms with Gasteiger partial charge in [-0.1, -0.05) is 12.1 Å². The Labute approximate surface area is 164 Å². The Morgan fingerprint density at radius 1 is 1.11 bits per heavy atom. The van der Waals surface area contributed by atoms with Gasteiger partial charge in [-0.25, -0.2) is 0 Å². The first kappa shape index (κ1) is 19.7. The topological polar surface area (TPSA) is 78.5 Å². The maximum absolute atomic E-state index is 12.3. The van der Waals surface area contributed by atoms with Crippen LogP contribution in [0, 0.1) is 12.8 Å². The average Bonchev–Trinajstić information content (AvgIpc) is 3.47. The molecular formula is C20H27N3O3S. The minimum atomic E-state index is -0.0973. The predicted molar refractivity (Wildman–Crippen MR) is 108 cm³/mol. The van der Waals surface area contributed by atoms with E-state index in [1.165, 1.54) is 11.8 Å². The van der Waals surface area contributed by atoms with E-state index in [1.807, 2.05) is 36.1 Å². The Bertz CT molecular complexity index is 697. The summed E-state index contributed by atoms with van der Waals surface area (Å²) in [5, 5.41) is 5.94. The van der Waals surface area contributed by atoms with Crippen LogP contribution >= 0.6 is 11.8 Å². The molecule has 146 valence electrons. The number of carbonyl (C=O) groups is 3. The molecule has 0 atom stereocenters. The zero-order valence-electron chi connectivity index (χ0n) is 15.7. The zero-order chi connectivity index (χ0) is 19.2. The van der Waals surface area contributed by atoms with E-state index in [0.29, 0.717) is 18.8 Å². The van der Waals surface area contributed by atoms with Crippen molar-refractivity contribution in [2.75, 3.05) is 29.9 Å². The molecule has 0 bridgehead atoms. The van der Waals surface area contributed by atoms with E-state index in [2.05, 4.69) is 10.6 Å². The molecule has 3 amide bonds. The molecule has 7 heteroatoms. The number of hydrogen-bond acceptors (Lipinski definition) is 4. The second kappa shape index (κ2) is 9.26. The Morgan fingerprint density at radius 3 is 2.52 bits per heavy atom. The molecule has 0 radical (unpaired) electrons. The molecule has 1 aliphatic heterocycles. The molecule has 1 saturated heterocycles. The lowest BCUT2D eigenvalue weighted by Gasteiger charge is -2.32. The highest BCUT2D eigenvalue weighted by Gasteiger charge is 2.32. The van der Waals surface area contributed by atoms with Gasteiger partial charge in [0.05, 0.1) is 11.5 Å². The second-order valence-corrected chi connectivity index (χ2v) is 8.33. The number of amides is 3. The summed E-state index contributed by atoms with van der Waals surface area (Å²) in [4.78, 5) is 38.0. The Kier molecular flexibility index (Phi) is 6.77. The van der Waals surface area contributed by atoms with Gasteiger partial charge in [-0.2, -0.15) is 0 Å². The number of thioether (sulfide) groups is 1. The summed E-state index contributed by atoms with van der Waals surface area (Å²) in [6.07, 6.45) is 3.64. The summed E-state index contributed by atoms with van der Waals surface area (Å²) in [7, 11) is 0. The molecule has 1 aromatic carbocycles. The molecule has 2 aliphatic rings. The first-order valence-electron chi connectivity index (χ1n) is 9.53. The van der Waals surface area contributed by atoms with Crippen LogP contribution in [0.2, 0.25) is 0 Å². The number of likely N-dealkylation sites (tertiary alicyclic amines) is 1. The number of carbonyl (C=O) groups excluding carboxylic acids is 3. The highest BCUT2D eigenvalue weighted by Crippen LogP contribution is 2.29. The molecule has 0 unspecified atom stereocenters. The summed E-state index contributed by atoms with van der Waals surface area (Å²) in [6.45, 7) is 3.32. The quantitative estimate of drug-likeness (QED) is 0.749. The summed E-state index contributed by atoms with van der Waals surface area (Å²) in [5.74, 6) is 0.936. The molecule has 2 fully saturated rings. The number of hydrogen-bond donors (Lipinski definition) is 2. The minimum Gasteiger partial charge on any atom is -0.353 e. The largest absolute Gasteiger partial charge is 0.353 e. The minimum absolute atomic E-state index is 0.0651. The van der Waals surface area contributed by atoms with Crippen LogP contribution < -0.4 is 10.6 Å². The molecule has 6 nitrogen and oxygen atoms in total. The highest BCUT2D eigenvalue weighted by molar-refractivity contribution is 8.00. The van der Waals surface area contributed by atoms with E-state index >= 15 is 0 Å². The van der Waals surface area contributed by atoms with Crippen molar-refractivity contribution in [2.24, 2.45) is 5.92 Å². The summed E-state index contributed by atoms with van der Waals surface area (Å²) in [5.41, 5.74) is 1.87. The van der Waals surface area contributed by atoms with Gasteiger partial charge in [0.25, 0.3) is 0 Å². The lowest BCUT2D eigenvalue weighted by atomic mass is 10.0. The standard InChI is InChI=1S/C20H27N3O3S/c1-14-3-2-4-17(11-14)21-18(24)12-27-13-19(25)23-9-7-16(8-10-23)22-20(26)15-5-6-15/h2-4,11,15-16H,5-10,12-13H2,1H3,(H,21,24)(H,22,26). The van der Waals surface area contributed by atoms with E-state index in [-0.39, 0.29) is 35.4 Å². The van der Waals surface area contributed by atoms with Gasteiger partial charge in [-0.3, -0.25) is 14.4 Å². The van der Waals surface area contributed by atoms with Gasteiger partial charge in [0, 0.05) is 30.7 Å². The van der Waals surface area contributed by atoms with Crippen LogP contribution in [-0.2, 0) is 14.4 Å². The van der Waals surface area contributed by atoms with Crippen molar-refractivity contribution in [2.45, 2.75) is 38.6 Å². The molecule has 27 heavy (non-hydrogen) atoms. The third-order valence-electron chi connectivity index (χ3n) is 4.90. The van der Waals surface area contributed by atoms with Crippen LogP contribution in [0.4, 0.5) is 5.69 Å². The lowest BCUT2D eigenvalue weighted by Crippen LogP contribution is -2.47. The van der Waals surface area contributed by atoms with Crippen LogP contribution in [0.5, 0.6) is 0 Å². The predicted octanol–water partition coefficient (Wildman–Crippen LogP) is 2.18. The average molecular weight is 390 g/mol. The number of nitrogens with one attached hydrogen (secondary N) is 2. The number of anilines is 1. The Morgan fingerprint density at radius 2 is 1.85 bits per heavy atom. The maximum Gasteiger partial charge on any atom is 0.234 e. The van der Waals surface area contributed by atoms with Crippen LogP contribution in [0.1, 0.15) is 31.2 Å². The fourth-order valence-corrected chi connectivity index (χ4v) is 3.90. The van der Waals surface area contributed by atoms with Crippen LogP contribution in [0.3, 0.4) is 0 Å². The molecule has 1 heterocycles.